The van der Waals surface area contributed by atoms with Crippen molar-refractivity contribution in [2.24, 2.45) is 0 Å². The number of nitrogens with zero attached hydrogens (tertiary/aromatic N) is 1. The first-order valence-corrected chi connectivity index (χ1v) is 9.04. The first kappa shape index (κ1) is 18.8. The van der Waals surface area contributed by atoms with E-state index in [0.717, 1.165) is 18.7 Å². The molecule has 0 aromatic heterocycles. The summed E-state index contributed by atoms with van der Waals surface area (Å²) in [7, 11) is 1.54. The van der Waals surface area contributed by atoms with Gasteiger partial charge < -0.3 is 19.7 Å². The highest BCUT2D eigenvalue weighted by atomic mass is 16.5. The molecule has 2 aromatic carbocycles. The lowest BCUT2D eigenvalue weighted by molar-refractivity contribution is -0.117. The second kappa shape index (κ2) is 8.12. The fraction of sp³-hybridized carbons (Fsp3) is 0.333. The Morgan fingerprint density at radius 1 is 1.11 bits per heavy atom. The molecular weight excluding hydrogens is 344 g/mol. The van der Waals surface area contributed by atoms with E-state index in [1.807, 2.05) is 26.0 Å². The van der Waals surface area contributed by atoms with E-state index in [1.54, 1.807) is 42.3 Å². The second-order valence-electron chi connectivity index (χ2n) is 6.68. The molecule has 0 radical (unpaired) electrons. The number of methoxy groups -OCH3 is 1. The van der Waals surface area contributed by atoms with Crippen LogP contribution in [0.4, 0.5) is 11.4 Å². The van der Waals surface area contributed by atoms with E-state index < -0.39 is 0 Å². The summed E-state index contributed by atoms with van der Waals surface area (Å²) in [6, 6.07) is 12.4. The summed E-state index contributed by atoms with van der Waals surface area (Å²) in [6.45, 7) is 4.61. The number of hydrogen-bond acceptors (Lipinski definition) is 4. The monoisotopic (exact) mass is 368 g/mol. The third-order valence-electron chi connectivity index (χ3n) is 4.30. The lowest BCUT2D eigenvalue weighted by atomic mass is 10.1. The molecule has 142 valence electrons. The van der Waals surface area contributed by atoms with Crippen LogP contribution < -0.4 is 19.7 Å². The molecule has 27 heavy (non-hydrogen) atoms. The first-order valence-electron chi connectivity index (χ1n) is 9.04. The SMILES string of the molecule is COc1cc(C(=O)Nc2ccc(N3CCCC3=O)cc2)ccc1OC(C)C. The number of rotatable bonds is 6. The van der Waals surface area contributed by atoms with Crippen molar-refractivity contribution >= 4 is 23.2 Å². The van der Waals surface area contributed by atoms with Crippen LogP contribution in [-0.4, -0.2) is 31.6 Å². The third-order valence-corrected chi connectivity index (χ3v) is 4.30. The van der Waals surface area contributed by atoms with Crippen LogP contribution in [0, 0.1) is 0 Å². The van der Waals surface area contributed by atoms with Crippen molar-refractivity contribution in [2.75, 3.05) is 23.9 Å². The standard InChI is InChI=1S/C21H24N2O4/c1-14(2)27-18-11-6-15(13-19(18)26-3)21(25)22-16-7-9-17(10-8-16)23-12-4-5-20(23)24/h6-11,13-14H,4-5,12H2,1-3H3,(H,22,25). The predicted molar refractivity (Wildman–Crippen MR) is 105 cm³/mol. The van der Waals surface area contributed by atoms with E-state index >= 15 is 0 Å². The highest BCUT2D eigenvalue weighted by Gasteiger charge is 2.21. The van der Waals surface area contributed by atoms with Gasteiger partial charge in [-0.15, -0.1) is 0 Å². The van der Waals surface area contributed by atoms with Gasteiger partial charge >= 0.3 is 0 Å². The van der Waals surface area contributed by atoms with Crippen LogP contribution >= 0.6 is 0 Å². The van der Waals surface area contributed by atoms with Crippen LogP contribution in [-0.2, 0) is 4.79 Å². The Bertz CT molecular complexity index is 831. The molecule has 1 heterocycles. The Kier molecular flexibility index (Phi) is 5.64. The van der Waals surface area contributed by atoms with Crippen LogP contribution in [0.15, 0.2) is 42.5 Å². The number of hydrogen-bond donors (Lipinski definition) is 1. The topological polar surface area (TPSA) is 67.9 Å². The molecule has 6 nitrogen and oxygen atoms in total. The molecule has 2 amide bonds. The maximum absolute atomic E-state index is 12.5. The summed E-state index contributed by atoms with van der Waals surface area (Å²) in [4.78, 5) is 26.1. The zero-order valence-corrected chi connectivity index (χ0v) is 15.8. The Morgan fingerprint density at radius 3 is 2.44 bits per heavy atom. The minimum Gasteiger partial charge on any atom is -0.493 e. The summed E-state index contributed by atoms with van der Waals surface area (Å²) in [6.07, 6.45) is 1.49. The smallest absolute Gasteiger partial charge is 0.255 e. The molecule has 0 saturated carbocycles. The van der Waals surface area contributed by atoms with Crippen molar-refractivity contribution in [1.29, 1.82) is 0 Å². The highest BCUT2D eigenvalue weighted by molar-refractivity contribution is 6.05. The first-order chi connectivity index (χ1) is 13.0. The second-order valence-corrected chi connectivity index (χ2v) is 6.68. The van der Waals surface area contributed by atoms with Gasteiger partial charge in [-0.1, -0.05) is 0 Å². The number of ether oxygens (including phenoxy) is 2. The van der Waals surface area contributed by atoms with E-state index in [-0.39, 0.29) is 17.9 Å². The lowest BCUT2D eigenvalue weighted by Crippen LogP contribution is -2.23. The summed E-state index contributed by atoms with van der Waals surface area (Å²) in [5.74, 6) is 1.01. The number of benzene rings is 2. The van der Waals surface area contributed by atoms with Gasteiger partial charge in [-0.25, -0.2) is 0 Å². The minimum absolute atomic E-state index is 0.0135. The molecule has 1 N–H and O–H groups in total. The van der Waals surface area contributed by atoms with Crippen LogP contribution in [0.5, 0.6) is 11.5 Å². The maximum atomic E-state index is 12.5. The van der Waals surface area contributed by atoms with Crippen LogP contribution in [0.25, 0.3) is 0 Å². The van der Waals surface area contributed by atoms with Crippen molar-refractivity contribution in [3.63, 3.8) is 0 Å². The summed E-state index contributed by atoms with van der Waals surface area (Å²) >= 11 is 0. The van der Waals surface area contributed by atoms with Gasteiger partial charge in [0.25, 0.3) is 5.91 Å². The molecule has 0 unspecified atom stereocenters. The molecule has 1 saturated heterocycles. The molecule has 1 aliphatic rings. The molecule has 3 rings (SSSR count). The number of amides is 2. The number of nitrogens with one attached hydrogen (secondary N) is 1. The largest absolute Gasteiger partial charge is 0.493 e. The minimum atomic E-state index is -0.241. The predicted octanol–water partition coefficient (Wildman–Crippen LogP) is 3.86. The van der Waals surface area contributed by atoms with Gasteiger partial charge in [0, 0.05) is 29.9 Å². The Hall–Kier alpha value is -3.02. The van der Waals surface area contributed by atoms with Gasteiger partial charge in [-0.3, -0.25) is 9.59 Å². The van der Waals surface area contributed by atoms with Crippen LogP contribution in [0.2, 0.25) is 0 Å². The zero-order chi connectivity index (χ0) is 19.4. The fourth-order valence-electron chi connectivity index (χ4n) is 3.01. The van der Waals surface area contributed by atoms with Crippen molar-refractivity contribution in [3.8, 4) is 11.5 Å². The Morgan fingerprint density at radius 2 is 1.85 bits per heavy atom. The van der Waals surface area contributed by atoms with Gasteiger partial charge in [0.05, 0.1) is 13.2 Å². The zero-order valence-electron chi connectivity index (χ0n) is 15.8. The third kappa shape index (κ3) is 4.39. The number of anilines is 2. The van der Waals surface area contributed by atoms with Crippen molar-refractivity contribution in [2.45, 2.75) is 32.8 Å². The van der Waals surface area contributed by atoms with Gasteiger partial charge in [-0.2, -0.15) is 0 Å². The van der Waals surface area contributed by atoms with E-state index in [4.69, 9.17) is 9.47 Å². The molecule has 6 heteroatoms. The summed E-state index contributed by atoms with van der Waals surface area (Å²) in [5.41, 5.74) is 1.99. The highest BCUT2D eigenvalue weighted by Crippen LogP contribution is 2.29. The number of carbonyl (C=O) groups is 2. The average molecular weight is 368 g/mol. The maximum Gasteiger partial charge on any atom is 0.255 e. The summed E-state index contributed by atoms with van der Waals surface area (Å²) < 4.78 is 11.0. The van der Waals surface area contributed by atoms with E-state index in [2.05, 4.69) is 5.32 Å². The van der Waals surface area contributed by atoms with Crippen LogP contribution in [0.3, 0.4) is 0 Å². The van der Waals surface area contributed by atoms with Gasteiger partial charge in [-0.05, 0) is 62.7 Å². The quantitative estimate of drug-likeness (QED) is 0.841. The molecule has 0 bridgehead atoms. The normalized spacial score (nSPS) is 13.8. The molecule has 0 aliphatic carbocycles. The Balaban J connectivity index is 1.70. The molecule has 0 spiro atoms. The molecular formula is C21H24N2O4. The van der Waals surface area contributed by atoms with Crippen LogP contribution in [0.1, 0.15) is 37.0 Å². The average Bonchev–Trinajstić information content (AvgIpc) is 3.08. The number of carbonyl (C=O) groups excluding carboxylic acids is 2. The van der Waals surface area contributed by atoms with Crippen molar-refractivity contribution in [1.82, 2.24) is 0 Å². The van der Waals surface area contributed by atoms with Gasteiger partial charge in [0.1, 0.15) is 0 Å². The fourth-order valence-corrected chi connectivity index (χ4v) is 3.01. The van der Waals surface area contributed by atoms with E-state index in [0.29, 0.717) is 29.2 Å². The molecule has 0 atom stereocenters. The Labute approximate surface area is 159 Å². The summed E-state index contributed by atoms with van der Waals surface area (Å²) in [5, 5.41) is 2.86. The van der Waals surface area contributed by atoms with Crippen molar-refractivity contribution in [3.05, 3.63) is 48.0 Å². The van der Waals surface area contributed by atoms with E-state index in [1.165, 1.54) is 0 Å². The van der Waals surface area contributed by atoms with Gasteiger partial charge in [0.15, 0.2) is 11.5 Å². The van der Waals surface area contributed by atoms with Gasteiger partial charge in [0.2, 0.25) is 5.91 Å². The lowest BCUT2D eigenvalue weighted by Gasteiger charge is -2.16. The van der Waals surface area contributed by atoms with E-state index in [9.17, 15) is 9.59 Å². The molecule has 2 aromatic rings. The van der Waals surface area contributed by atoms with Crippen molar-refractivity contribution < 1.29 is 19.1 Å². The molecule has 1 fully saturated rings. The molecule has 1 aliphatic heterocycles.